The van der Waals surface area contributed by atoms with E-state index < -0.39 is 35.8 Å². The van der Waals surface area contributed by atoms with E-state index in [1.165, 1.54) is 0 Å². The Hall–Kier alpha value is -1.46. The van der Waals surface area contributed by atoms with E-state index in [1.54, 1.807) is 55.4 Å². The van der Waals surface area contributed by atoms with Gasteiger partial charge in [-0.2, -0.15) is 0 Å². The Morgan fingerprint density at radius 3 is 0.826 bits per heavy atom. The molecule has 0 heterocycles. The van der Waals surface area contributed by atoms with Crippen molar-refractivity contribution >= 4 is 11.9 Å². The molecule has 0 atom stereocenters. The molecule has 0 aromatic rings. The Balaban J connectivity index is 5.89. The Labute approximate surface area is 276 Å². The summed E-state index contributed by atoms with van der Waals surface area (Å²) < 4.78 is 70.6. The molecule has 0 amide bonds. The molecule has 14 nitrogen and oxygen atoms in total. The average molecular weight is 671 g/mol. The van der Waals surface area contributed by atoms with Crippen molar-refractivity contribution < 1.29 is 66.4 Å². The van der Waals surface area contributed by atoms with Gasteiger partial charge in [-0.3, -0.25) is 9.59 Å². The SMILES string of the molecule is CCCOC(OCC)(OCC)C(OCC)(OCC)OC(=O)CCCCC(=O)OC(OCC)(OCC)C(OCC)(OCC)OCCC. The van der Waals surface area contributed by atoms with E-state index in [2.05, 4.69) is 0 Å². The van der Waals surface area contributed by atoms with Gasteiger partial charge in [0.2, 0.25) is 0 Å². The van der Waals surface area contributed by atoms with Gasteiger partial charge in [0.15, 0.2) is 0 Å². The van der Waals surface area contributed by atoms with Crippen molar-refractivity contribution in [3.63, 3.8) is 0 Å². The molecule has 0 radical (unpaired) electrons. The van der Waals surface area contributed by atoms with Crippen molar-refractivity contribution in [1.29, 1.82) is 0 Å². The van der Waals surface area contributed by atoms with Gasteiger partial charge in [0.1, 0.15) is 0 Å². The minimum atomic E-state index is -2.14. The Morgan fingerprint density at radius 1 is 0.370 bits per heavy atom. The monoisotopic (exact) mass is 670 g/mol. The minimum absolute atomic E-state index is 0.0826. The van der Waals surface area contributed by atoms with Crippen molar-refractivity contribution in [3.8, 4) is 0 Å². The summed E-state index contributed by atoms with van der Waals surface area (Å²) in [6.45, 7) is 19.2. The van der Waals surface area contributed by atoms with Crippen LogP contribution in [0.4, 0.5) is 0 Å². The summed E-state index contributed by atoms with van der Waals surface area (Å²) >= 11 is 0. The fourth-order valence-corrected chi connectivity index (χ4v) is 4.39. The minimum Gasteiger partial charge on any atom is -0.401 e. The van der Waals surface area contributed by atoms with Gasteiger partial charge in [-0.05, 0) is 81.1 Å². The molecule has 0 saturated carbocycles. The maximum Gasteiger partial charge on any atom is 0.416 e. The van der Waals surface area contributed by atoms with E-state index in [4.69, 9.17) is 56.8 Å². The van der Waals surface area contributed by atoms with Crippen LogP contribution in [0.1, 0.15) is 108 Å². The second kappa shape index (κ2) is 24.6. The summed E-state index contributed by atoms with van der Waals surface area (Å²) in [6, 6.07) is 0. The van der Waals surface area contributed by atoms with Crippen molar-refractivity contribution in [2.75, 3.05) is 66.1 Å². The Kier molecular flexibility index (Phi) is 23.9. The smallest absolute Gasteiger partial charge is 0.401 e. The number of carbonyl (C=O) groups excluding carboxylic acids is 2. The molecule has 46 heavy (non-hydrogen) atoms. The third-order valence-electron chi connectivity index (χ3n) is 5.93. The number of carbonyl (C=O) groups is 2. The average Bonchev–Trinajstić information content (AvgIpc) is 3.01. The Bertz CT molecular complexity index is 705. The van der Waals surface area contributed by atoms with Crippen LogP contribution in [0, 0.1) is 0 Å². The van der Waals surface area contributed by atoms with Gasteiger partial charge < -0.3 is 56.8 Å². The first-order chi connectivity index (χ1) is 22.1. The quantitative estimate of drug-likeness (QED) is 0.0527. The van der Waals surface area contributed by atoms with Crippen LogP contribution >= 0.6 is 0 Å². The van der Waals surface area contributed by atoms with Crippen LogP contribution in [0.2, 0.25) is 0 Å². The zero-order valence-corrected chi connectivity index (χ0v) is 30.0. The lowest BCUT2D eigenvalue weighted by molar-refractivity contribution is -0.550. The summed E-state index contributed by atoms with van der Waals surface area (Å²) in [6.07, 6.45) is 1.63. The molecule has 0 aliphatic heterocycles. The third-order valence-corrected chi connectivity index (χ3v) is 5.93. The van der Waals surface area contributed by atoms with Gasteiger partial charge in [-0.25, -0.2) is 0 Å². The first-order valence-corrected chi connectivity index (χ1v) is 16.9. The van der Waals surface area contributed by atoms with Crippen LogP contribution < -0.4 is 0 Å². The first-order valence-electron chi connectivity index (χ1n) is 16.9. The maximum absolute atomic E-state index is 13.2. The number of hydrogen-bond acceptors (Lipinski definition) is 14. The molecule has 0 N–H and O–H groups in total. The molecular formula is C32H62O14. The molecule has 0 spiro atoms. The molecule has 0 rings (SSSR count). The van der Waals surface area contributed by atoms with Gasteiger partial charge in [0.25, 0.3) is 0 Å². The van der Waals surface area contributed by atoms with Crippen molar-refractivity contribution in [2.45, 2.75) is 132 Å². The molecule has 274 valence electrons. The van der Waals surface area contributed by atoms with E-state index in [0.717, 1.165) is 0 Å². The second-order valence-electron chi connectivity index (χ2n) is 9.54. The van der Waals surface area contributed by atoms with Gasteiger partial charge >= 0.3 is 35.8 Å². The van der Waals surface area contributed by atoms with Gasteiger partial charge in [0.05, 0.1) is 39.6 Å². The maximum atomic E-state index is 13.2. The molecule has 0 aliphatic rings. The standard InChI is InChI=1S/C32H62O14/c1-11-25-43-29(35-13-3,36-14-4)31(39-17-7,40-18-8)45-27(33)23-21-22-24-28(34)46-32(41-19-9,42-20-10)30(37-15-5,38-16-6)44-26-12-2/h11-26H2,1-10H3. The number of ether oxygens (including phenoxy) is 12. The second-order valence-corrected chi connectivity index (χ2v) is 9.54. The molecule has 0 aromatic heterocycles. The Morgan fingerprint density at radius 2 is 0.609 bits per heavy atom. The van der Waals surface area contributed by atoms with E-state index in [9.17, 15) is 9.59 Å². The third kappa shape index (κ3) is 12.9. The molecule has 0 bridgehead atoms. The van der Waals surface area contributed by atoms with Crippen LogP contribution in [-0.4, -0.2) is 102 Å². The molecule has 0 aromatic carbocycles. The zero-order chi connectivity index (χ0) is 35.0. The van der Waals surface area contributed by atoms with Gasteiger partial charge in [-0.1, -0.05) is 13.8 Å². The highest BCUT2D eigenvalue weighted by molar-refractivity contribution is 5.71. The van der Waals surface area contributed by atoms with Crippen molar-refractivity contribution in [1.82, 2.24) is 0 Å². The first kappa shape index (κ1) is 44.5. The molecule has 0 aliphatic carbocycles. The van der Waals surface area contributed by atoms with Crippen molar-refractivity contribution in [2.24, 2.45) is 0 Å². The number of hydrogen-bond donors (Lipinski definition) is 0. The number of unbranched alkanes of at least 4 members (excludes halogenated alkanes) is 1. The van der Waals surface area contributed by atoms with E-state index in [0.29, 0.717) is 12.8 Å². The van der Waals surface area contributed by atoms with Crippen LogP contribution in [0.25, 0.3) is 0 Å². The predicted molar refractivity (Wildman–Crippen MR) is 167 cm³/mol. The lowest BCUT2D eigenvalue weighted by Crippen LogP contribution is -2.65. The highest BCUT2D eigenvalue weighted by Gasteiger charge is 2.64. The fraction of sp³-hybridized carbons (Fsp3) is 0.938. The van der Waals surface area contributed by atoms with Gasteiger partial charge in [0, 0.05) is 39.3 Å². The largest absolute Gasteiger partial charge is 0.416 e. The van der Waals surface area contributed by atoms with E-state index in [1.807, 2.05) is 13.8 Å². The highest BCUT2D eigenvalue weighted by Crippen LogP contribution is 2.38. The normalized spacial score (nSPS) is 12.8. The highest BCUT2D eigenvalue weighted by atomic mass is 17.0. The van der Waals surface area contributed by atoms with Gasteiger partial charge in [-0.15, -0.1) is 0 Å². The summed E-state index contributed by atoms with van der Waals surface area (Å²) in [7, 11) is 0. The number of esters is 2. The van der Waals surface area contributed by atoms with Crippen molar-refractivity contribution in [3.05, 3.63) is 0 Å². The molecule has 0 fully saturated rings. The van der Waals surface area contributed by atoms with Crippen LogP contribution in [-0.2, 0) is 66.4 Å². The molecule has 0 saturated heterocycles. The van der Waals surface area contributed by atoms with Crippen LogP contribution in [0.5, 0.6) is 0 Å². The molecular weight excluding hydrogens is 608 g/mol. The lowest BCUT2D eigenvalue weighted by atomic mass is 10.2. The van der Waals surface area contributed by atoms with Crippen LogP contribution in [0.15, 0.2) is 0 Å². The van der Waals surface area contributed by atoms with Crippen LogP contribution in [0.3, 0.4) is 0 Å². The molecule has 14 heteroatoms. The summed E-state index contributed by atoms with van der Waals surface area (Å²) in [5.41, 5.74) is 0. The summed E-state index contributed by atoms with van der Waals surface area (Å²) in [5, 5.41) is 0. The molecule has 0 unspecified atom stereocenters. The lowest BCUT2D eigenvalue weighted by Gasteiger charge is -2.44. The topological polar surface area (TPSA) is 145 Å². The van der Waals surface area contributed by atoms with E-state index >= 15 is 0 Å². The fourth-order valence-electron chi connectivity index (χ4n) is 4.39. The van der Waals surface area contributed by atoms with E-state index in [-0.39, 0.29) is 91.8 Å². The zero-order valence-electron chi connectivity index (χ0n) is 30.0. The summed E-state index contributed by atoms with van der Waals surface area (Å²) in [4.78, 5) is 26.4. The summed E-state index contributed by atoms with van der Waals surface area (Å²) in [5.74, 6) is -9.54. The predicted octanol–water partition coefficient (Wildman–Crippen LogP) is 5.39. The number of rotatable bonds is 31.